The van der Waals surface area contributed by atoms with Gasteiger partial charge in [0.05, 0.1) is 29.3 Å². The van der Waals surface area contributed by atoms with Crippen LogP contribution in [0.15, 0.2) is 41.7 Å². The number of rotatable bonds is 5. The molecule has 1 aromatic carbocycles. The summed E-state index contributed by atoms with van der Waals surface area (Å²) >= 11 is 0. The first-order valence-corrected chi connectivity index (χ1v) is 11.3. The molecule has 1 saturated heterocycles. The number of nitrogens with zero attached hydrogens (tertiary/aromatic N) is 4. The number of fused-ring (bicyclic) bond motifs is 1. The van der Waals surface area contributed by atoms with Crippen LogP contribution in [-0.2, 0) is 10.3 Å². The largest absolute Gasteiger partial charge is 0.381 e. The van der Waals surface area contributed by atoms with Gasteiger partial charge in [0.1, 0.15) is 0 Å². The van der Waals surface area contributed by atoms with E-state index >= 15 is 0 Å². The lowest BCUT2D eigenvalue weighted by molar-refractivity contribution is -0.131. The van der Waals surface area contributed by atoms with Crippen LogP contribution in [0.2, 0.25) is 0 Å². The van der Waals surface area contributed by atoms with Crippen molar-refractivity contribution in [2.24, 2.45) is 4.99 Å². The zero-order chi connectivity index (χ0) is 22.9. The van der Waals surface area contributed by atoms with Gasteiger partial charge in [0.15, 0.2) is 0 Å². The van der Waals surface area contributed by atoms with Crippen LogP contribution in [0.5, 0.6) is 0 Å². The number of aromatic nitrogens is 1. The number of carbonyl (C=O) groups is 2. The maximum atomic E-state index is 13.3. The van der Waals surface area contributed by atoms with Gasteiger partial charge in [0, 0.05) is 44.4 Å². The summed E-state index contributed by atoms with van der Waals surface area (Å²) < 4.78 is 0. The van der Waals surface area contributed by atoms with Crippen LogP contribution in [0.25, 0.3) is 0 Å². The third-order valence-electron chi connectivity index (χ3n) is 6.48. The number of likely N-dealkylation sites (tertiary alicyclic amines) is 1. The number of amides is 2. The van der Waals surface area contributed by atoms with Crippen molar-refractivity contribution in [2.45, 2.75) is 51.6 Å². The Kier molecular flexibility index (Phi) is 6.00. The molecule has 0 atom stereocenters. The maximum Gasteiger partial charge on any atom is 0.259 e. The van der Waals surface area contributed by atoms with E-state index < -0.39 is 5.54 Å². The Morgan fingerprint density at radius 1 is 1.25 bits per heavy atom. The monoisotopic (exact) mass is 433 g/mol. The number of carbonyl (C=O) groups excluding carboxylic acids is 2. The molecule has 0 saturated carbocycles. The molecule has 168 valence electrons. The van der Waals surface area contributed by atoms with Crippen molar-refractivity contribution in [3.63, 3.8) is 0 Å². The van der Waals surface area contributed by atoms with Crippen LogP contribution < -0.4 is 10.2 Å². The highest BCUT2D eigenvalue weighted by Crippen LogP contribution is 2.42. The van der Waals surface area contributed by atoms with Crippen LogP contribution in [0, 0.1) is 0 Å². The van der Waals surface area contributed by atoms with Crippen molar-refractivity contribution in [3.05, 3.63) is 53.3 Å². The van der Waals surface area contributed by atoms with Crippen LogP contribution in [-0.4, -0.2) is 54.1 Å². The molecule has 0 bridgehead atoms. The predicted octanol–water partition coefficient (Wildman–Crippen LogP) is 3.84. The predicted molar refractivity (Wildman–Crippen MR) is 128 cm³/mol. The molecule has 0 spiro atoms. The lowest BCUT2D eigenvalue weighted by Crippen LogP contribution is -2.42. The summed E-state index contributed by atoms with van der Waals surface area (Å²) in [6.07, 6.45) is 7.69. The van der Waals surface area contributed by atoms with E-state index in [2.05, 4.69) is 29.1 Å². The SMILES string of the molecule is CCC(=O)N1CCC(Nc2cncc(N3C(=O)c4ccc(C=NC)cc4C3(C)C)c2)CC1. The molecule has 0 radical (unpaired) electrons. The van der Waals surface area contributed by atoms with Gasteiger partial charge in [-0.05, 0) is 56.0 Å². The third-order valence-corrected chi connectivity index (χ3v) is 6.48. The van der Waals surface area contributed by atoms with Gasteiger partial charge in [-0.3, -0.25) is 24.5 Å². The van der Waals surface area contributed by atoms with Crippen LogP contribution >= 0.6 is 0 Å². The summed E-state index contributed by atoms with van der Waals surface area (Å²) in [5.41, 5.74) is 3.85. The van der Waals surface area contributed by atoms with E-state index in [1.807, 2.05) is 41.0 Å². The number of hydrogen-bond donors (Lipinski definition) is 1. The number of piperidine rings is 1. The van der Waals surface area contributed by atoms with E-state index in [1.165, 1.54) is 0 Å². The second-order valence-corrected chi connectivity index (χ2v) is 8.98. The van der Waals surface area contributed by atoms with E-state index in [0.717, 1.165) is 54.0 Å². The summed E-state index contributed by atoms with van der Waals surface area (Å²) in [5.74, 6) is 0.199. The molecule has 7 heteroatoms. The smallest absolute Gasteiger partial charge is 0.259 e. The standard InChI is InChI=1S/C25H31N5O2/c1-5-23(31)29-10-8-18(9-11-29)28-19-13-20(16-27-15-19)30-24(32)21-7-6-17(14-26-4)12-22(21)25(30,2)3/h6-7,12-16,18,28H,5,8-11H2,1-4H3. The maximum absolute atomic E-state index is 13.3. The average Bonchev–Trinajstić information content (AvgIpc) is 2.99. The number of pyridine rings is 1. The van der Waals surface area contributed by atoms with E-state index in [1.54, 1.807) is 25.7 Å². The normalized spacial score (nSPS) is 18.3. The molecular formula is C25H31N5O2. The summed E-state index contributed by atoms with van der Waals surface area (Å²) in [4.78, 5) is 37.5. The molecule has 0 aliphatic carbocycles. The fourth-order valence-electron chi connectivity index (χ4n) is 4.78. The molecule has 1 aromatic heterocycles. The van der Waals surface area contributed by atoms with Crippen molar-refractivity contribution in [2.75, 3.05) is 30.4 Å². The van der Waals surface area contributed by atoms with Crippen molar-refractivity contribution in [3.8, 4) is 0 Å². The first-order valence-electron chi connectivity index (χ1n) is 11.3. The first kappa shape index (κ1) is 22.0. The minimum Gasteiger partial charge on any atom is -0.381 e. The van der Waals surface area contributed by atoms with E-state index in [4.69, 9.17) is 0 Å². The van der Waals surface area contributed by atoms with E-state index in [0.29, 0.717) is 6.42 Å². The Balaban J connectivity index is 1.53. The van der Waals surface area contributed by atoms with Gasteiger partial charge in [0.25, 0.3) is 5.91 Å². The Labute approximate surface area is 189 Å². The first-order chi connectivity index (χ1) is 15.3. The van der Waals surface area contributed by atoms with Crippen LogP contribution in [0.4, 0.5) is 11.4 Å². The molecule has 7 nitrogen and oxygen atoms in total. The molecule has 2 amide bonds. The molecule has 32 heavy (non-hydrogen) atoms. The number of aliphatic imine (C=N–C) groups is 1. The minimum atomic E-state index is -0.504. The highest BCUT2D eigenvalue weighted by atomic mass is 16.2. The molecule has 1 N–H and O–H groups in total. The summed E-state index contributed by atoms with van der Waals surface area (Å²) in [7, 11) is 1.74. The second-order valence-electron chi connectivity index (χ2n) is 8.98. The number of anilines is 2. The molecule has 3 heterocycles. The van der Waals surface area contributed by atoms with Gasteiger partial charge >= 0.3 is 0 Å². The van der Waals surface area contributed by atoms with Crippen LogP contribution in [0.3, 0.4) is 0 Å². The zero-order valence-corrected chi connectivity index (χ0v) is 19.3. The molecule has 2 aromatic rings. The fraction of sp³-hybridized carbons (Fsp3) is 0.440. The lowest BCUT2D eigenvalue weighted by Gasteiger charge is -2.34. The van der Waals surface area contributed by atoms with Gasteiger partial charge in [-0.2, -0.15) is 0 Å². The Morgan fingerprint density at radius 2 is 2.00 bits per heavy atom. The lowest BCUT2D eigenvalue weighted by atomic mass is 9.92. The summed E-state index contributed by atoms with van der Waals surface area (Å²) in [6.45, 7) is 7.57. The van der Waals surface area contributed by atoms with Gasteiger partial charge < -0.3 is 10.2 Å². The molecule has 0 unspecified atom stereocenters. The van der Waals surface area contributed by atoms with Crippen molar-refractivity contribution < 1.29 is 9.59 Å². The van der Waals surface area contributed by atoms with Crippen molar-refractivity contribution in [1.82, 2.24) is 9.88 Å². The summed E-state index contributed by atoms with van der Waals surface area (Å²) in [6, 6.07) is 8.13. The Hall–Kier alpha value is -3.22. The van der Waals surface area contributed by atoms with Gasteiger partial charge in [-0.25, -0.2) is 0 Å². The Morgan fingerprint density at radius 3 is 2.69 bits per heavy atom. The van der Waals surface area contributed by atoms with Gasteiger partial charge in [-0.1, -0.05) is 13.0 Å². The highest BCUT2D eigenvalue weighted by molar-refractivity contribution is 6.12. The topological polar surface area (TPSA) is 77.9 Å². The van der Waals surface area contributed by atoms with Crippen LogP contribution in [0.1, 0.15) is 61.5 Å². The zero-order valence-electron chi connectivity index (χ0n) is 19.3. The fourth-order valence-corrected chi connectivity index (χ4v) is 4.78. The minimum absolute atomic E-state index is 0.0182. The number of nitrogens with one attached hydrogen (secondary N) is 1. The molecule has 1 fully saturated rings. The quantitative estimate of drug-likeness (QED) is 0.727. The van der Waals surface area contributed by atoms with E-state index in [-0.39, 0.29) is 17.9 Å². The van der Waals surface area contributed by atoms with Gasteiger partial charge in [0.2, 0.25) is 5.91 Å². The van der Waals surface area contributed by atoms with Gasteiger partial charge in [-0.15, -0.1) is 0 Å². The molecular weight excluding hydrogens is 402 g/mol. The second kappa shape index (κ2) is 8.73. The molecule has 2 aliphatic heterocycles. The Bertz CT molecular complexity index is 1050. The highest BCUT2D eigenvalue weighted by Gasteiger charge is 2.44. The summed E-state index contributed by atoms with van der Waals surface area (Å²) in [5, 5.41) is 3.56. The van der Waals surface area contributed by atoms with Crippen molar-refractivity contribution in [1.29, 1.82) is 0 Å². The molecule has 2 aliphatic rings. The third kappa shape index (κ3) is 3.99. The average molecular weight is 434 g/mol. The number of hydrogen-bond acceptors (Lipinski definition) is 5. The van der Waals surface area contributed by atoms with E-state index in [9.17, 15) is 9.59 Å². The molecule has 4 rings (SSSR count). The van der Waals surface area contributed by atoms with Crippen molar-refractivity contribution >= 4 is 29.4 Å². The number of benzene rings is 1.